The van der Waals surface area contributed by atoms with Crippen molar-refractivity contribution < 1.29 is 31.1 Å². The number of rotatable bonds is 6. The van der Waals surface area contributed by atoms with E-state index >= 15 is 0 Å². The fraction of sp³-hybridized carbons (Fsp3) is 0.316. The van der Waals surface area contributed by atoms with Gasteiger partial charge in [-0.2, -0.15) is 13.1 Å². The number of ether oxygens (including phenoxy) is 1. The molecule has 0 aliphatic carbocycles. The molecule has 1 aliphatic heterocycles. The second-order valence-corrected chi connectivity index (χ2v) is 8.96. The Balaban J connectivity index is 1.64. The third kappa shape index (κ3) is 5.05. The highest BCUT2D eigenvalue weighted by Gasteiger charge is 2.32. The Morgan fingerprint density at radius 2 is 1.83 bits per heavy atom. The third-order valence-electron chi connectivity index (χ3n) is 4.71. The van der Waals surface area contributed by atoms with E-state index in [2.05, 4.69) is 10.1 Å². The zero-order valence-corrected chi connectivity index (χ0v) is 17.1. The van der Waals surface area contributed by atoms with Gasteiger partial charge in [-0.15, -0.1) is 0 Å². The van der Waals surface area contributed by atoms with Crippen LogP contribution in [-0.4, -0.2) is 38.3 Å². The van der Waals surface area contributed by atoms with E-state index in [0.29, 0.717) is 0 Å². The van der Waals surface area contributed by atoms with Gasteiger partial charge in [-0.3, -0.25) is 4.79 Å². The molecule has 0 atom stereocenters. The summed E-state index contributed by atoms with van der Waals surface area (Å²) in [6.07, 6.45) is 0.468. The van der Waals surface area contributed by atoms with Crippen molar-refractivity contribution in [2.45, 2.75) is 24.3 Å². The number of carbonyl (C=O) groups excluding carboxylic acids is 1. The number of halogens is 4. The largest absolute Gasteiger partial charge is 0.433 e. The van der Waals surface area contributed by atoms with E-state index in [1.165, 1.54) is 22.5 Å². The second kappa shape index (κ2) is 9.23. The minimum Gasteiger partial charge on any atom is -0.433 e. The lowest BCUT2D eigenvalue weighted by Crippen LogP contribution is -2.41. The first-order valence-corrected chi connectivity index (χ1v) is 10.8. The summed E-state index contributed by atoms with van der Waals surface area (Å²) in [5.41, 5.74) is 0.110. The van der Waals surface area contributed by atoms with Crippen LogP contribution in [0.4, 0.5) is 18.9 Å². The molecular weight excluding hydrogens is 445 g/mol. The van der Waals surface area contributed by atoms with Crippen LogP contribution in [-0.2, 0) is 14.8 Å². The van der Waals surface area contributed by atoms with Gasteiger partial charge < -0.3 is 10.1 Å². The Bertz CT molecular complexity index is 1030. The van der Waals surface area contributed by atoms with E-state index in [1.807, 2.05) is 0 Å². The number of alkyl halides is 2. The van der Waals surface area contributed by atoms with Crippen molar-refractivity contribution in [1.82, 2.24) is 4.31 Å². The molecule has 11 heteroatoms. The van der Waals surface area contributed by atoms with Gasteiger partial charge >= 0.3 is 6.61 Å². The average molecular weight is 463 g/mol. The summed E-state index contributed by atoms with van der Waals surface area (Å²) in [5.74, 6) is -1.80. The summed E-state index contributed by atoms with van der Waals surface area (Å²) in [7, 11) is -3.88. The lowest BCUT2D eigenvalue weighted by molar-refractivity contribution is -0.121. The molecule has 162 valence electrons. The van der Waals surface area contributed by atoms with Crippen molar-refractivity contribution in [2.75, 3.05) is 18.4 Å². The van der Waals surface area contributed by atoms with Crippen LogP contribution in [0.25, 0.3) is 0 Å². The molecule has 0 radical (unpaired) electrons. The van der Waals surface area contributed by atoms with E-state index in [-0.39, 0.29) is 47.3 Å². The molecule has 1 heterocycles. The van der Waals surface area contributed by atoms with Crippen molar-refractivity contribution >= 4 is 33.2 Å². The molecule has 1 amide bonds. The zero-order valence-electron chi connectivity index (χ0n) is 15.5. The molecule has 0 aromatic heterocycles. The number of para-hydroxylation sites is 2. The number of nitrogens with one attached hydrogen (secondary N) is 1. The molecule has 3 rings (SSSR count). The van der Waals surface area contributed by atoms with Gasteiger partial charge in [0.25, 0.3) is 0 Å². The number of carbonyl (C=O) groups is 1. The lowest BCUT2D eigenvalue weighted by atomic mass is 9.97. The number of hydrogen-bond acceptors (Lipinski definition) is 4. The molecule has 0 bridgehead atoms. The van der Waals surface area contributed by atoms with Gasteiger partial charge in [-0.25, -0.2) is 12.8 Å². The molecule has 1 fully saturated rings. The molecule has 6 nitrogen and oxygen atoms in total. The van der Waals surface area contributed by atoms with E-state index in [0.717, 1.165) is 18.2 Å². The van der Waals surface area contributed by atoms with Crippen LogP contribution in [0.3, 0.4) is 0 Å². The number of benzene rings is 2. The number of anilines is 1. The first-order chi connectivity index (χ1) is 14.2. The fourth-order valence-electron chi connectivity index (χ4n) is 3.15. The standard InChI is InChI=1S/C19H18ClF3N2O4S/c20-14-11-13(5-6-15(14)21)30(27,28)25-9-7-12(8-10-25)18(26)24-16-3-1-2-4-17(16)29-19(22)23/h1-6,11-12,19H,7-10H2,(H,24,26). The SMILES string of the molecule is O=C(Nc1ccccc1OC(F)F)C1CCN(S(=O)(=O)c2ccc(F)c(Cl)c2)CC1. The van der Waals surface area contributed by atoms with Gasteiger partial charge in [-0.05, 0) is 43.2 Å². The van der Waals surface area contributed by atoms with Crippen LogP contribution in [0.1, 0.15) is 12.8 Å². The van der Waals surface area contributed by atoms with E-state index in [9.17, 15) is 26.4 Å². The maximum Gasteiger partial charge on any atom is 0.387 e. The summed E-state index contributed by atoms with van der Waals surface area (Å²) < 4.78 is 69.4. The van der Waals surface area contributed by atoms with Gasteiger partial charge in [0.05, 0.1) is 15.6 Å². The van der Waals surface area contributed by atoms with Gasteiger partial charge in [0.2, 0.25) is 15.9 Å². The monoisotopic (exact) mass is 462 g/mol. The molecule has 0 saturated carbocycles. The minimum atomic E-state index is -3.88. The number of nitrogens with zero attached hydrogens (tertiary/aromatic N) is 1. The molecule has 1 aliphatic rings. The predicted octanol–water partition coefficient (Wildman–Crippen LogP) is 4.12. The molecule has 1 saturated heterocycles. The number of hydrogen-bond donors (Lipinski definition) is 1. The quantitative estimate of drug-likeness (QED) is 0.700. The first kappa shape index (κ1) is 22.4. The number of amides is 1. The van der Waals surface area contributed by atoms with Gasteiger partial charge in [0.15, 0.2) is 0 Å². The third-order valence-corrected chi connectivity index (χ3v) is 6.90. The lowest BCUT2D eigenvalue weighted by Gasteiger charge is -2.30. The minimum absolute atomic E-state index is 0.0740. The molecule has 0 unspecified atom stereocenters. The number of sulfonamides is 1. The van der Waals surface area contributed by atoms with Crippen LogP contribution >= 0.6 is 11.6 Å². The van der Waals surface area contributed by atoms with Crippen LogP contribution in [0.2, 0.25) is 5.02 Å². The van der Waals surface area contributed by atoms with Gasteiger partial charge in [0.1, 0.15) is 11.6 Å². The Morgan fingerprint density at radius 1 is 1.17 bits per heavy atom. The highest BCUT2D eigenvalue weighted by Crippen LogP contribution is 2.29. The van der Waals surface area contributed by atoms with Gasteiger partial charge in [0, 0.05) is 19.0 Å². The maximum atomic E-state index is 13.3. The van der Waals surface area contributed by atoms with Gasteiger partial charge in [-0.1, -0.05) is 23.7 Å². The van der Waals surface area contributed by atoms with Crippen LogP contribution in [0.5, 0.6) is 5.75 Å². The molecule has 30 heavy (non-hydrogen) atoms. The van der Waals surface area contributed by atoms with Crippen LogP contribution in [0, 0.1) is 11.7 Å². The molecule has 2 aromatic carbocycles. The summed E-state index contributed by atoms with van der Waals surface area (Å²) in [4.78, 5) is 12.4. The molecule has 0 spiro atoms. The summed E-state index contributed by atoms with van der Waals surface area (Å²) >= 11 is 5.68. The highest BCUT2D eigenvalue weighted by atomic mass is 35.5. The second-order valence-electron chi connectivity index (χ2n) is 6.62. The van der Waals surface area contributed by atoms with Crippen molar-refractivity contribution in [1.29, 1.82) is 0 Å². The van der Waals surface area contributed by atoms with E-state index < -0.39 is 34.3 Å². The molecule has 1 N–H and O–H groups in total. The fourth-order valence-corrected chi connectivity index (χ4v) is 4.89. The van der Waals surface area contributed by atoms with Crippen molar-refractivity contribution in [3.05, 3.63) is 53.3 Å². The van der Waals surface area contributed by atoms with E-state index in [1.54, 1.807) is 6.07 Å². The van der Waals surface area contributed by atoms with Crippen molar-refractivity contribution in [3.63, 3.8) is 0 Å². The smallest absolute Gasteiger partial charge is 0.387 e. The zero-order chi connectivity index (χ0) is 21.9. The number of piperidine rings is 1. The Hall–Kier alpha value is -2.30. The molecular formula is C19H18ClF3N2O4S. The molecule has 2 aromatic rings. The van der Waals surface area contributed by atoms with Crippen LogP contribution in [0.15, 0.2) is 47.4 Å². The summed E-state index contributed by atoms with van der Waals surface area (Å²) in [6, 6.07) is 8.97. The summed E-state index contributed by atoms with van der Waals surface area (Å²) in [6.45, 7) is -2.88. The maximum absolute atomic E-state index is 13.3. The normalized spacial score (nSPS) is 15.9. The van der Waals surface area contributed by atoms with Crippen molar-refractivity contribution in [2.24, 2.45) is 5.92 Å². The van der Waals surface area contributed by atoms with E-state index in [4.69, 9.17) is 11.6 Å². The Labute approximate surface area is 176 Å². The van der Waals surface area contributed by atoms with Crippen LogP contribution < -0.4 is 10.1 Å². The Kier molecular flexibility index (Phi) is 6.89. The average Bonchev–Trinajstić information content (AvgIpc) is 2.71. The first-order valence-electron chi connectivity index (χ1n) is 8.98. The summed E-state index contributed by atoms with van der Waals surface area (Å²) in [5, 5.41) is 2.26. The van der Waals surface area contributed by atoms with Crippen molar-refractivity contribution in [3.8, 4) is 5.75 Å². The topological polar surface area (TPSA) is 75.7 Å². The Morgan fingerprint density at radius 3 is 2.47 bits per heavy atom. The predicted molar refractivity (Wildman–Crippen MR) is 105 cm³/mol. The highest BCUT2D eigenvalue weighted by molar-refractivity contribution is 7.89.